The fraction of sp³-hybridized carbons (Fsp3) is 0.875. The van der Waals surface area contributed by atoms with Gasteiger partial charge in [0, 0.05) is 6.61 Å². The highest BCUT2D eigenvalue weighted by molar-refractivity contribution is 5.61. The predicted octanol–water partition coefficient (Wildman–Crippen LogP) is 1.32. The lowest BCUT2D eigenvalue weighted by Gasteiger charge is -1.85. The summed E-state index contributed by atoms with van der Waals surface area (Å²) in [6.07, 6.45) is 2.78. The number of cyclic esters (lactones) is 2. The Morgan fingerprint density at radius 1 is 1.33 bits per heavy atom. The van der Waals surface area contributed by atoms with Gasteiger partial charge in [-0.25, -0.2) is 4.79 Å². The van der Waals surface area contributed by atoms with Crippen molar-refractivity contribution in [2.75, 3.05) is 19.8 Å². The Balaban J connectivity index is 0.000000202. The minimum absolute atomic E-state index is 0.355. The van der Waals surface area contributed by atoms with Crippen LogP contribution in [0.4, 0.5) is 4.79 Å². The molecule has 0 atom stereocenters. The van der Waals surface area contributed by atoms with E-state index in [0.717, 1.165) is 12.8 Å². The van der Waals surface area contributed by atoms with Gasteiger partial charge in [-0.15, -0.1) is 0 Å². The van der Waals surface area contributed by atoms with Crippen molar-refractivity contribution in [2.24, 2.45) is 0 Å². The van der Waals surface area contributed by atoms with Gasteiger partial charge in [0.1, 0.15) is 13.2 Å². The van der Waals surface area contributed by atoms with Gasteiger partial charge in [0.05, 0.1) is 0 Å². The monoisotopic (exact) mass is 176 g/mol. The molecule has 0 bridgehead atoms. The lowest BCUT2D eigenvalue weighted by molar-refractivity contribution is 0.131. The Kier molecular flexibility index (Phi) is 7.79. The summed E-state index contributed by atoms with van der Waals surface area (Å²) in [5.41, 5.74) is 0. The molecule has 0 spiro atoms. The summed E-state index contributed by atoms with van der Waals surface area (Å²) in [7, 11) is 0. The summed E-state index contributed by atoms with van der Waals surface area (Å²) >= 11 is 0. The van der Waals surface area contributed by atoms with E-state index in [0.29, 0.717) is 19.8 Å². The third-order valence-corrected chi connectivity index (χ3v) is 1.28. The Hall–Kier alpha value is -0.770. The largest absolute Gasteiger partial charge is 0.508 e. The molecule has 1 N–H and O–H groups in total. The van der Waals surface area contributed by atoms with E-state index in [1.807, 2.05) is 0 Å². The van der Waals surface area contributed by atoms with E-state index in [4.69, 9.17) is 5.11 Å². The minimum atomic E-state index is -0.546. The van der Waals surface area contributed by atoms with Crippen LogP contribution in [0.5, 0.6) is 0 Å². The zero-order chi connectivity index (χ0) is 9.23. The molecule has 0 aliphatic carbocycles. The van der Waals surface area contributed by atoms with E-state index in [9.17, 15) is 4.79 Å². The molecule has 0 aromatic heterocycles. The van der Waals surface area contributed by atoms with Gasteiger partial charge in [-0.2, -0.15) is 0 Å². The quantitative estimate of drug-likeness (QED) is 0.520. The van der Waals surface area contributed by atoms with Crippen LogP contribution in [-0.4, -0.2) is 31.1 Å². The van der Waals surface area contributed by atoms with Gasteiger partial charge in [0.15, 0.2) is 0 Å². The molecule has 4 nitrogen and oxygen atoms in total. The Bertz CT molecular complexity index is 102. The predicted molar refractivity (Wildman–Crippen MR) is 43.9 cm³/mol. The number of aliphatic hydroxyl groups excluding tert-OH is 1. The first-order valence-electron chi connectivity index (χ1n) is 4.21. The number of hydrogen-bond donors (Lipinski definition) is 1. The minimum Gasteiger partial charge on any atom is -0.431 e. The number of hydrogen-bond acceptors (Lipinski definition) is 4. The van der Waals surface area contributed by atoms with Crippen molar-refractivity contribution < 1.29 is 19.4 Å². The maximum Gasteiger partial charge on any atom is 0.508 e. The Morgan fingerprint density at radius 3 is 2.08 bits per heavy atom. The number of aliphatic hydroxyl groups is 1. The molecule has 72 valence electrons. The molecule has 0 saturated carbocycles. The van der Waals surface area contributed by atoms with E-state index in [1.54, 1.807) is 0 Å². The molecule has 4 heteroatoms. The summed E-state index contributed by atoms with van der Waals surface area (Å²) in [5.74, 6) is 0. The summed E-state index contributed by atoms with van der Waals surface area (Å²) < 4.78 is 8.58. The highest BCUT2D eigenvalue weighted by Gasteiger charge is 2.09. The van der Waals surface area contributed by atoms with Gasteiger partial charge >= 0.3 is 6.16 Å². The third-order valence-electron chi connectivity index (χ3n) is 1.28. The normalized spacial score (nSPS) is 14.3. The van der Waals surface area contributed by atoms with Crippen LogP contribution < -0.4 is 0 Å². The van der Waals surface area contributed by atoms with Crippen LogP contribution >= 0.6 is 0 Å². The van der Waals surface area contributed by atoms with Crippen LogP contribution in [0.25, 0.3) is 0 Å². The van der Waals surface area contributed by atoms with Crippen LogP contribution in [0.15, 0.2) is 0 Å². The second-order valence-corrected chi connectivity index (χ2v) is 2.38. The molecule has 0 aromatic rings. The van der Waals surface area contributed by atoms with E-state index in [2.05, 4.69) is 16.4 Å². The first kappa shape index (κ1) is 11.2. The van der Waals surface area contributed by atoms with Gasteiger partial charge in [0.2, 0.25) is 0 Å². The van der Waals surface area contributed by atoms with Crippen LogP contribution in [0, 0.1) is 0 Å². The average Bonchev–Trinajstić information content (AvgIpc) is 2.53. The molecular formula is C8H16O4. The summed E-state index contributed by atoms with van der Waals surface area (Å²) in [6, 6.07) is 0. The molecule has 0 amide bonds. The van der Waals surface area contributed by atoms with Crippen LogP contribution in [-0.2, 0) is 9.47 Å². The SMILES string of the molecule is CCCCCO.O=C1OCCO1. The van der Waals surface area contributed by atoms with Crippen molar-refractivity contribution in [1.82, 2.24) is 0 Å². The van der Waals surface area contributed by atoms with Crippen molar-refractivity contribution in [2.45, 2.75) is 26.2 Å². The van der Waals surface area contributed by atoms with Crippen LogP contribution in [0.3, 0.4) is 0 Å². The van der Waals surface area contributed by atoms with E-state index < -0.39 is 6.16 Å². The lowest BCUT2D eigenvalue weighted by atomic mass is 10.3. The van der Waals surface area contributed by atoms with E-state index >= 15 is 0 Å². The van der Waals surface area contributed by atoms with Gasteiger partial charge in [-0.05, 0) is 6.42 Å². The van der Waals surface area contributed by atoms with Crippen molar-refractivity contribution in [3.8, 4) is 0 Å². The number of carbonyl (C=O) groups excluding carboxylic acids is 1. The second-order valence-electron chi connectivity index (χ2n) is 2.38. The lowest BCUT2D eigenvalue weighted by Crippen LogP contribution is -1.88. The van der Waals surface area contributed by atoms with Crippen molar-refractivity contribution in [1.29, 1.82) is 0 Å². The fourth-order valence-electron chi connectivity index (χ4n) is 0.653. The number of ether oxygens (including phenoxy) is 2. The molecular weight excluding hydrogens is 160 g/mol. The van der Waals surface area contributed by atoms with Gasteiger partial charge in [-0.3, -0.25) is 0 Å². The van der Waals surface area contributed by atoms with Crippen LogP contribution in [0.1, 0.15) is 26.2 Å². The maximum atomic E-state index is 9.80. The summed E-state index contributed by atoms with van der Waals surface area (Å²) in [4.78, 5) is 9.80. The van der Waals surface area contributed by atoms with E-state index in [1.165, 1.54) is 6.42 Å². The second kappa shape index (κ2) is 8.33. The fourth-order valence-corrected chi connectivity index (χ4v) is 0.653. The molecule has 1 heterocycles. The number of unbranched alkanes of at least 4 members (excludes halogenated alkanes) is 2. The number of carbonyl (C=O) groups is 1. The molecule has 1 saturated heterocycles. The molecule has 1 aliphatic heterocycles. The number of rotatable bonds is 3. The summed E-state index contributed by atoms with van der Waals surface area (Å²) in [5, 5.41) is 8.20. The zero-order valence-corrected chi connectivity index (χ0v) is 7.41. The Labute approximate surface area is 72.5 Å². The van der Waals surface area contributed by atoms with Gasteiger partial charge < -0.3 is 14.6 Å². The molecule has 1 rings (SSSR count). The highest BCUT2D eigenvalue weighted by atomic mass is 16.8. The first-order valence-corrected chi connectivity index (χ1v) is 4.21. The standard InChI is InChI=1S/C5H12O.C3H4O3/c1-2-3-4-5-6;4-3-5-1-2-6-3/h6H,2-5H2,1H3;1-2H2. The molecule has 0 aromatic carbocycles. The van der Waals surface area contributed by atoms with Gasteiger partial charge in [-0.1, -0.05) is 19.8 Å². The molecule has 0 radical (unpaired) electrons. The summed E-state index contributed by atoms with van der Waals surface area (Å²) in [6.45, 7) is 3.31. The smallest absolute Gasteiger partial charge is 0.431 e. The topological polar surface area (TPSA) is 55.8 Å². The Morgan fingerprint density at radius 2 is 1.92 bits per heavy atom. The molecule has 0 unspecified atom stereocenters. The van der Waals surface area contributed by atoms with Crippen molar-refractivity contribution >= 4 is 6.16 Å². The highest BCUT2D eigenvalue weighted by Crippen LogP contribution is 1.92. The van der Waals surface area contributed by atoms with E-state index in [-0.39, 0.29) is 0 Å². The maximum absolute atomic E-state index is 9.80. The van der Waals surface area contributed by atoms with Gasteiger partial charge in [0.25, 0.3) is 0 Å². The zero-order valence-electron chi connectivity index (χ0n) is 7.41. The van der Waals surface area contributed by atoms with Crippen molar-refractivity contribution in [3.05, 3.63) is 0 Å². The third kappa shape index (κ3) is 7.34. The average molecular weight is 176 g/mol. The molecule has 1 aliphatic rings. The van der Waals surface area contributed by atoms with Crippen molar-refractivity contribution in [3.63, 3.8) is 0 Å². The first-order chi connectivity index (χ1) is 5.81. The molecule has 12 heavy (non-hydrogen) atoms. The van der Waals surface area contributed by atoms with Crippen LogP contribution in [0.2, 0.25) is 0 Å². The molecule has 1 fully saturated rings.